The van der Waals surface area contributed by atoms with E-state index in [2.05, 4.69) is 67.8 Å². The first-order chi connectivity index (χ1) is 20.7. The van der Waals surface area contributed by atoms with Gasteiger partial charge in [-0.15, -0.1) is 0 Å². The molecule has 0 aliphatic rings. The number of aliphatic hydroxyl groups excluding tert-OH is 2. The lowest BCUT2D eigenvalue weighted by molar-refractivity contribution is -0.123. The van der Waals surface area contributed by atoms with Crippen LogP contribution in [-0.4, -0.2) is 34.9 Å². The number of unbranched alkanes of at least 4 members (excludes halogenated alkanes) is 16. The van der Waals surface area contributed by atoms with Crippen LogP contribution >= 0.6 is 0 Å². The van der Waals surface area contributed by atoms with Crippen molar-refractivity contribution in [2.75, 3.05) is 6.61 Å². The number of amides is 1. The molecule has 0 aromatic carbocycles. The lowest BCUT2D eigenvalue weighted by Gasteiger charge is -2.22. The van der Waals surface area contributed by atoms with Gasteiger partial charge in [-0.25, -0.2) is 0 Å². The van der Waals surface area contributed by atoms with Crippen molar-refractivity contribution in [1.82, 2.24) is 5.32 Å². The molecular formula is C38H69NO3. The van der Waals surface area contributed by atoms with Crippen molar-refractivity contribution in [3.05, 3.63) is 48.6 Å². The van der Waals surface area contributed by atoms with E-state index in [0.29, 0.717) is 12.8 Å². The van der Waals surface area contributed by atoms with E-state index in [9.17, 15) is 15.0 Å². The summed E-state index contributed by atoms with van der Waals surface area (Å²) in [7, 11) is 0. The molecule has 4 heteroatoms. The quantitative estimate of drug-likeness (QED) is 0.0558. The summed E-state index contributed by atoms with van der Waals surface area (Å²) in [5.74, 6) is -0.0468. The second-order valence-electron chi connectivity index (χ2n) is 11.9. The summed E-state index contributed by atoms with van der Waals surface area (Å²) in [5, 5.41) is 22.5. The minimum atomic E-state index is -0.655. The monoisotopic (exact) mass is 588 g/mol. The normalized spacial score (nSPS) is 13.7. The van der Waals surface area contributed by atoms with Crippen molar-refractivity contribution in [3.8, 4) is 0 Å². The van der Waals surface area contributed by atoms with Crippen LogP contribution in [0.5, 0.6) is 0 Å². The lowest BCUT2D eigenvalue weighted by atomic mass is 10.0. The molecule has 0 rings (SSSR count). The van der Waals surface area contributed by atoms with Gasteiger partial charge < -0.3 is 15.5 Å². The van der Waals surface area contributed by atoms with Gasteiger partial charge in [-0.3, -0.25) is 4.79 Å². The topological polar surface area (TPSA) is 69.6 Å². The van der Waals surface area contributed by atoms with Crippen molar-refractivity contribution in [1.29, 1.82) is 0 Å². The Balaban J connectivity index is 3.40. The molecule has 0 heterocycles. The predicted octanol–water partition coefficient (Wildman–Crippen LogP) is 10.5. The second-order valence-corrected chi connectivity index (χ2v) is 11.9. The van der Waals surface area contributed by atoms with Gasteiger partial charge in [0, 0.05) is 6.42 Å². The number of hydrogen-bond donors (Lipinski definition) is 3. The van der Waals surface area contributed by atoms with Crippen LogP contribution in [0.2, 0.25) is 0 Å². The summed E-state index contributed by atoms with van der Waals surface area (Å²) < 4.78 is 0. The van der Waals surface area contributed by atoms with E-state index in [1.807, 2.05) is 0 Å². The Kier molecular flexibility index (Phi) is 32.5. The van der Waals surface area contributed by atoms with Gasteiger partial charge in [-0.1, -0.05) is 159 Å². The van der Waals surface area contributed by atoms with Crippen LogP contribution in [0, 0.1) is 0 Å². The van der Waals surface area contributed by atoms with Crippen molar-refractivity contribution in [2.45, 2.75) is 180 Å². The summed E-state index contributed by atoms with van der Waals surface area (Å²) in [6.45, 7) is 4.09. The highest BCUT2D eigenvalue weighted by Crippen LogP contribution is 2.14. The molecule has 0 aromatic heterocycles. The molecule has 0 spiro atoms. The summed E-state index contributed by atoms with van der Waals surface area (Å²) >= 11 is 0. The van der Waals surface area contributed by atoms with Gasteiger partial charge in [-0.05, 0) is 51.4 Å². The van der Waals surface area contributed by atoms with Crippen LogP contribution in [0.25, 0.3) is 0 Å². The van der Waals surface area contributed by atoms with E-state index in [4.69, 9.17) is 0 Å². The SMILES string of the molecule is CC/C=C\C/C=C\C/C=C\C/C=C\CCCCCCCCCCCCCCCCC(=O)NC(CO)C(O)CCCCC. The summed E-state index contributed by atoms with van der Waals surface area (Å²) in [6, 6.07) is -0.532. The average Bonchev–Trinajstić information content (AvgIpc) is 2.99. The van der Waals surface area contributed by atoms with E-state index in [1.165, 1.54) is 83.5 Å². The Labute approximate surface area is 261 Å². The van der Waals surface area contributed by atoms with Crippen molar-refractivity contribution in [2.24, 2.45) is 0 Å². The molecule has 3 N–H and O–H groups in total. The van der Waals surface area contributed by atoms with E-state index in [-0.39, 0.29) is 12.5 Å². The summed E-state index contributed by atoms with van der Waals surface area (Å²) in [4.78, 5) is 12.1. The predicted molar refractivity (Wildman–Crippen MR) is 184 cm³/mol. The van der Waals surface area contributed by atoms with E-state index in [1.54, 1.807) is 0 Å². The zero-order valence-corrected chi connectivity index (χ0v) is 27.8. The third-order valence-corrected chi connectivity index (χ3v) is 7.85. The smallest absolute Gasteiger partial charge is 0.220 e. The largest absolute Gasteiger partial charge is 0.394 e. The number of rotatable bonds is 31. The molecule has 0 saturated heterocycles. The lowest BCUT2D eigenvalue weighted by Crippen LogP contribution is -2.45. The summed E-state index contributed by atoms with van der Waals surface area (Å²) in [5.41, 5.74) is 0. The molecular weight excluding hydrogens is 518 g/mol. The van der Waals surface area contributed by atoms with Crippen LogP contribution in [-0.2, 0) is 4.79 Å². The third-order valence-electron chi connectivity index (χ3n) is 7.85. The Morgan fingerprint density at radius 3 is 1.52 bits per heavy atom. The Bertz CT molecular complexity index is 682. The highest BCUT2D eigenvalue weighted by molar-refractivity contribution is 5.76. The summed E-state index contributed by atoms with van der Waals surface area (Å²) in [6.07, 6.45) is 45.2. The van der Waals surface area contributed by atoms with Gasteiger partial charge >= 0.3 is 0 Å². The van der Waals surface area contributed by atoms with Crippen LogP contribution in [0.3, 0.4) is 0 Å². The number of hydrogen-bond acceptors (Lipinski definition) is 3. The number of aliphatic hydroxyl groups is 2. The molecule has 42 heavy (non-hydrogen) atoms. The third kappa shape index (κ3) is 29.8. The number of carbonyl (C=O) groups is 1. The molecule has 0 aromatic rings. The van der Waals surface area contributed by atoms with Crippen LogP contribution in [0.4, 0.5) is 0 Å². The Morgan fingerprint density at radius 1 is 0.595 bits per heavy atom. The zero-order chi connectivity index (χ0) is 30.8. The number of carbonyl (C=O) groups excluding carboxylic acids is 1. The maximum absolute atomic E-state index is 12.1. The Morgan fingerprint density at radius 2 is 1.05 bits per heavy atom. The maximum atomic E-state index is 12.1. The molecule has 0 saturated carbocycles. The molecule has 0 aliphatic heterocycles. The van der Waals surface area contributed by atoms with E-state index >= 15 is 0 Å². The molecule has 0 bridgehead atoms. The van der Waals surface area contributed by atoms with Gasteiger partial charge in [0.2, 0.25) is 5.91 Å². The van der Waals surface area contributed by atoms with Gasteiger partial charge in [0.1, 0.15) is 0 Å². The number of nitrogens with one attached hydrogen (secondary N) is 1. The van der Waals surface area contributed by atoms with Crippen molar-refractivity contribution >= 4 is 5.91 Å². The van der Waals surface area contributed by atoms with E-state index < -0.39 is 12.1 Å². The standard InChI is InChI=1S/C38H69NO3/c1-3-5-7-8-9-10-11-12-13-14-15-16-17-18-19-20-21-22-23-24-25-26-27-28-29-30-32-34-38(42)39-36(35-40)37(41)33-31-6-4-2/h5,7,9-10,12-13,15-16,36-37,40-41H,3-4,6,8,11,14,17-35H2,1-2H3,(H,39,42)/b7-5-,10-9-,13-12-,16-15-. The van der Waals surface area contributed by atoms with Crippen LogP contribution in [0.15, 0.2) is 48.6 Å². The molecule has 0 fully saturated rings. The van der Waals surface area contributed by atoms with Crippen LogP contribution in [0.1, 0.15) is 168 Å². The van der Waals surface area contributed by atoms with Crippen molar-refractivity contribution < 1.29 is 15.0 Å². The fourth-order valence-corrected chi connectivity index (χ4v) is 5.11. The molecule has 0 aliphatic carbocycles. The first-order valence-corrected chi connectivity index (χ1v) is 17.8. The zero-order valence-electron chi connectivity index (χ0n) is 27.8. The number of allylic oxidation sites excluding steroid dienone is 8. The molecule has 0 radical (unpaired) electrons. The average molecular weight is 588 g/mol. The Hall–Kier alpha value is -1.65. The second kappa shape index (κ2) is 33.8. The molecule has 2 atom stereocenters. The molecule has 2 unspecified atom stereocenters. The minimum absolute atomic E-state index is 0.0468. The van der Waals surface area contributed by atoms with Crippen LogP contribution < -0.4 is 5.32 Å². The minimum Gasteiger partial charge on any atom is -0.394 e. The first-order valence-electron chi connectivity index (χ1n) is 17.8. The van der Waals surface area contributed by atoms with Gasteiger partial charge in [0.15, 0.2) is 0 Å². The highest BCUT2D eigenvalue weighted by atomic mass is 16.3. The maximum Gasteiger partial charge on any atom is 0.220 e. The highest BCUT2D eigenvalue weighted by Gasteiger charge is 2.19. The van der Waals surface area contributed by atoms with Gasteiger partial charge in [-0.2, -0.15) is 0 Å². The van der Waals surface area contributed by atoms with Gasteiger partial charge in [0.25, 0.3) is 0 Å². The van der Waals surface area contributed by atoms with Crippen molar-refractivity contribution in [3.63, 3.8) is 0 Å². The van der Waals surface area contributed by atoms with Gasteiger partial charge in [0.05, 0.1) is 18.8 Å². The fraction of sp³-hybridized carbons (Fsp3) is 0.763. The van der Waals surface area contributed by atoms with E-state index in [0.717, 1.165) is 57.8 Å². The first kappa shape index (κ1) is 40.4. The fourth-order valence-electron chi connectivity index (χ4n) is 5.11. The molecule has 244 valence electrons. The molecule has 1 amide bonds. The molecule has 4 nitrogen and oxygen atoms in total.